The SMILES string of the molecule is CC[C@H](C)C/C=C/CCCCCCCCCCCCCC(=O)OC. The first-order chi connectivity index (χ1) is 11.7. The average Bonchev–Trinajstić information content (AvgIpc) is 2.60. The fraction of sp³-hybridized carbons (Fsp3) is 0.864. The number of ether oxygens (including phenoxy) is 1. The number of rotatable bonds is 17. The van der Waals surface area contributed by atoms with Crippen molar-refractivity contribution in [1.29, 1.82) is 0 Å². The van der Waals surface area contributed by atoms with E-state index in [4.69, 9.17) is 0 Å². The van der Waals surface area contributed by atoms with Crippen molar-refractivity contribution >= 4 is 5.97 Å². The van der Waals surface area contributed by atoms with Gasteiger partial charge in [-0.05, 0) is 31.6 Å². The van der Waals surface area contributed by atoms with Crippen molar-refractivity contribution in [1.82, 2.24) is 0 Å². The number of unbranched alkanes of at least 4 members (excludes halogenated alkanes) is 11. The number of carbonyl (C=O) groups excluding carboxylic acids is 1. The van der Waals surface area contributed by atoms with Gasteiger partial charge in [0.2, 0.25) is 0 Å². The number of hydrogen-bond donors (Lipinski definition) is 0. The highest BCUT2D eigenvalue weighted by molar-refractivity contribution is 5.68. The molecule has 0 fully saturated rings. The van der Waals surface area contributed by atoms with Crippen LogP contribution in [0.25, 0.3) is 0 Å². The molecule has 24 heavy (non-hydrogen) atoms. The van der Waals surface area contributed by atoms with Gasteiger partial charge < -0.3 is 4.74 Å². The molecule has 0 aliphatic heterocycles. The summed E-state index contributed by atoms with van der Waals surface area (Å²) in [5.74, 6) is 0.773. The van der Waals surface area contributed by atoms with Crippen LogP contribution in [0.2, 0.25) is 0 Å². The van der Waals surface area contributed by atoms with Gasteiger partial charge in [-0.1, -0.05) is 90.2 Å². The van der Waals surface area contributed by atoms with E-state index in [0.29, 0.717) is 6.42 Å². The van der Waals surface area contributed by atoms with E-state index in [9.17, 15) is 4.79 Å². The Morgan fingerprint density at radius 1 is 0.833 bits per heavy atom. The molecule has 2 nitrogen and oxygen atoms in total. The summed E-state index contributed by atoms with van der Waals surface area (Å²) in [7, 11) is 1.47. The monoisotopic (exact) mass is 338 g/mol. The first-order valence-corrected chi connectivity index (χ1v) is 10.4. The van der Waals surface area contributed by atoms with Crippen LogP contribution in [0.1, 0.15) is 110 Å². The molecule has 0 radical (unpaired) electrons. The fourth-order valence-electron chi connectivity index (χ4n) is 2.84. The molecule has 0 aromatic carbocycles. The third-order valence-electron chi connectivity index (χ3n) is 4.88. The van der Waals surface area contributed by atoms with E-state index in [2.05, 4.69) is 30.7 Å². The molecule has 0 bridgehead atoms. The predicted octanol–water partition coefficient (Wildman–Crippen LogP) is 7.22. The number of esters is 1. The fourth-order valence-corrected chi connectivity index (χ4v) is 2.84. The molecule has 0 heterocycles. The molecule has 1 atom stereocenters. The minimum Gasteiger partial charge on any atom is -0.469 e. The van der Waals surface area contributed by atoms with Crippen LogP contribution in [0.3, 0.4) is 0 Å². The third kappa shape index (κ3) is 17.6. The van der Waals surface area contributed by atoms with Gasteiger partial charge in [-0.3, -0.25) is 4.79 Å². The zero-order chi connectivity index (χ0) is 17.9. The summed E-state index contributed by atoms with van der Waals surface area (Å²) in [5.41, 5.74) is 0. The largest absolute Gasteiger partial charge is 0.469 e. The Morgan fingerprint density at radius 3 is 1.83 bits per heavy atom. The second kappa shape index (κ2) is 18.5. The van der Waals surface area contributed by atoms with Crippen LogP contribution in [0.15, 0.2) is 12.2 Å². The standard InChI is InChI=1S/C22H42O2/c1-4-21(2)19-17-15-13-11-9-7-5-6-8-10-12-14-16-18-20-22(23)24-3/h15,17,21H,4-14,16,18-20H2,1-3H3/b17-15+/t21-/m0/s1. The molecule has 0 aliphatic rings. The minimum atomic E-state index is -0.0685. The molecule has 0 aromatic rings. The summed E-state index contributed by atoms with van der Waals surface area (Å²) in [6.07, 6.45) is 23.6. The molecule has 142 valence electrons. The van der Waals surface area contributed by atoms with Crippen molar-refractivity contribution in [3.05, 3.63) is 12.2 Å². The molecule has 0 N–H and O–H groups in total. The quantitative estimate of drug-likeness (QED) is 0.159. The van der Waals surface area contributed by atoms with Gasteiger partial charge in [-0.2, -0.15) is 0 Å². The second-order valence-corrected chi connectivity index (χ2v) is 7.22. The number of hydrogen-bond acceptors (Lipinski definition) is 2. The van der Waals surface area contributed by atoms with E-state index in [-0.39, 0.29) is 5.97 Å². The van der Waals surface area contributed by atoms with Crippen molar-refractivity contribution in [2.45, 2.75) is 110 Å². The summed E-state index contributed by atoms with van der Waals surface area (Å²) in [4.78, 5) is 11.0. The summed E-state index contributed by atoms with van der Waals surface area (Å²) in [5, 5.41) is 0. The maximum absolute atomic E-state index is 11.0. The van der Waals surface area contributed by atoms with Crippen molar-refractivity contribution < 1.29 is 9.53 Å². The Labute approximate surface area is 151 Å². The Morgan fingerprint density at radius 2 is 1.33 bits per heavy atom. The Bertz CT molecular complexity index is 296. The van der Waals surface area contributed by atoms with Crippen LogP contribution in [-0.4, -0.2) is 13.1 Å². The number of methoxy groups -OCH3 is 1. The van der Waals surface area contributed by atoms with Crippen LogP contribution < -0.4 is 0 Å². The maximum Gasteiger partial charge on any atom is 0.305 e. The topological polar surface area (TPSA) is 26.3 Å². The van der Waals surface area contributed by atoms with E-state index >= 15 is 0 Å². The summed E-state index contributed by atoms with van der Waals surface area (Å²) < 4.78 is 4.64. The third-order valence-corrected chi connectivity index (χ3v) is 4.88. The molecule has 0 rings (SSSR count). The lowest BCUT2D eigenvalue weighted by atomic mass is 10.0. The first-order valence-electron chi connectivity index (χ1n) is 10.4. The summed E-state index contributed by atoms with van der Waals surface area (Å²) in [6.45, 7) is 4.59. The second-order valence-electron chi connectivity index (χ2n) is 7.22. The van der Waals surface area contributed by atoms with E-state index < -0.39 is 0 Å². The molecule has 2 heteroatoms. The van der Waals surface area contributed by atoms with Crippen molar-refractivity contribution in [2.24, 2.45) is 5.92 Å². The van der Waals surface area contributed by atoms with E-state index in [1.807, 2.05) is 0 Å². The smallest absolute Gasteiger partial charge is 0.305 e. The van der Waals surface area contributed by atoms with Gasteiger partial charge in [-0.25, -0.2) is 0 Å². The highest BCUT2D eigenvalue weighted by Gasteiger charge is 1.99. The van der Waals surface area contributed by atoms with Gasteiger partial charge >= 0.3 is 5.97 Å². The Balaban J connectivity index is 3.11. The zero-order valence-corrected chi connectivity index (χ0v) is 16.7. The number of allylic oxidation sites excluding steroid dienone is 2. The molecule has 0 saturated carbocycles. The highest BCUT2D eigenvalue weighted by atomic mass is 16.5. The van der Waals surface area contributed by atoms with Crippen molar-refractivity contribution in [3.63, 3.8) is 0 Å². The molecule has 0 aliphatic carbocycles. The average molecular weight is 339 g/mol. The van der Waals surface area contributed by atoms with Gasteiger partial charge in [0.05, 0.1) is 7.11 Å². The first kappa shape index (κ1) is 23.2. The molecule has 0 saturated heterocycles. The molecule has 0 unspecified atom stereocenters. The predicted molar refractivity (Wildman–Crippen MR) is 105 cm³/mol. The Hall–Kier alpha value is -0.790. The van der Waals surface area contributed by atoms with Crippen LogP contribution in [0.5, 0.6) is 0 Å². The normalized spacial score (nSPS) is 12.6. The van der Waals surface area contributed by atoms with Crippen LogP contribution >= 0.6 is 0 Å². The van der Waals surface area contributed by atoms with Crippen LogP contribution in [-0.2, 0) is 9.53 Å². The number of carbonyl (C=O) groups is 1. The van der Waals surface area contributed by atoms with Crippen molar-refractivity contribution in [2.75, 3.05) is 7.11 Å². The molecular weight excluding hydrogens is 296 g/mol. The van der Waals surface area contributed by atoms with Gasteiger partial charge in [0.25, 0.3) is 0 Å². The lowest BCUT2D eigenvalue weighted by molar-refractivity contribution is -0.140. The molecule has 0 aromatic heterocycles. The molecule has 0 amide bonds. The van der Waals surface area contributed by atoms with E-state index in [1.165, 1.54) is 90.6 Å². The highest BCUT2D eigenvalue weighted by Crippen LogP contribution is 2.13. The van der Waals surface area contributed by atoms with Gasteiger partial charge in [0, 0.05) is 6.42 Å². The van der Waals surface area contributed by atoms with Crippen LogP contribution in [0, 0.1) is 5.92 Å². The lowest BCUT2D eigenvalue weighted by Gasteiger charge is -2.03. The van der Waals surface area contributed by atoms with E-state index in [1.54, 1.807) is 0 Å². The van der Waals surface area contributed by atoms with Gasteiger partial charge in [0.1, 0.15) is 0 Å². The van der Waals surface area contributed by atoms with Gasteiger partial charge in [0.15, 0.2) is 0 Å². The summed E-state index contributed by atoms with van der Waals surface area (Å²) in [6, 6.07) is 0. The molecular formula is C22H42O2. The summed E-state index contributed by atoms with van der Waals surface area (Å²) >= 11 is 0. The minimum absolute atomic E-state index is 0.0685. The maximum atomic E-state index is 11.0. The molecule has 0 spiro atoms. The van der Waals surface area contributed by atoms with Crippen LogP contribution in [0.4, 0.5) is 0 Å². The lowest BCUT2D eigenvalue weighted by Crippen LogP contribution is -1.99. The Kier molecular flexibility index (Phi) is 17.9. The van der Waals surface area contributed by atoms with E-state index in [0.717, 1.165) is 12.3 Å². The van der Waals surface area contributed by atoms with Crippen molar-refractivity contribution in [3.8, 4) is 0 Å². The zero-order valence-electron chi connectivity index (χ0n) is 16.7. The van der Waals surface area contributed by atoms with Gasteiger partial charge in [-0.15, -0.1) is 0 Å².